The van der Waals surface area contributed by atoms with Crippen LogP contribution in [-0.2, 0) is 6.42 Å². The van der Waals surface area contributed by atoms with E-state index < -0.39 is 5.82 Å². The third-order valence-electron chi connectivity index (χ3n) is 4.55. The van der Waals surface area contributed by atoms with Gasteiger partial charge in [-0.15, -0.1) is 0 Å². The van der Waals surface area contributed by atoms with Gasteiger partial charge in [0.2, 0.25) is 0 Å². The van der Waals surface area contributed by atoms with E-state index in [4.69, 9.17) is 11.6 Å². The SMILES string of the molecule is O=C(Nc1cncc(N2CCc3cc(Cl)ccc3C2=O)c1)c1ccc(F)cc1. The van der Waals surface area contributed by atoms with Crippen LogP contribution in [0.25, 0.3) is 0 Å². The van der Waals surface area contributed by atoms with Gasteiger partial charge in [0.15, 0.2) is 0 Å². The molecule has 4 rings (SSSR count). The molecule has 0 spiro atoms. The van der Waals surface area contributed by atoms with Crippen LogP contribution in [0.2, 0.25) is 5.02 Å². The highest BCUT2D eigenvalue weighted by Gasteiger charge is 2.26. The summed E-state index contributed by atoms with van der Waals surface area (Å²) in [6.45, 7) is 0.489. The van der Waals surface area contributed by atoms with E-state index in [1.54, 1.807) is 29.3 Å². The number of halogens is 2. The van der Waals surface area contributed by atoms with Gasteiger partial charge in [0.25, 0.3) is 11.8 Å². The molecular formula is C21H15ClFN3O2. The van der Waals surface area contributed by atoms with Gasteiger partial charge in [0.1, 0.15) is 5.82 Å². The van der Waals surface area contributed by atoms with E-state index >= 15 is 0 Å². The molecule has 0 radical (unpaired) electrons. The minimum Gasteiger partial charge on any atom is -0.321 e. The van der Waals surface area contributed by atoms with Crippen molar-refractivity contribution in [2.24, 2.45) is 0 Å². The van der Waals surface area contributed by atoms with Crippen molar-refractivity contribution in [1.29, 1.82) is 0 Å². The van der Waals surface area contributed by atoms with Crippen molar-refractivity contribution in [3.8, 4) is 0 Å². The summed E-state index contributed by atoms with van der Waals surface area (Å²) in [5, 5.41) is 3.32. The lowest BCUT2D eigenvalue weighted by Crippen LogP contribution is -2.37. The standard InChI is InChI=1S/C21H15ClFN3O2/c22-15-3-6-19-14(9-15)7-8-26(21(19)28)18-10-17(11-24-12-18)25-20(27)13-1-4-16(23)5-2-13/h1-6,9-12H,7-8H2,(H,25,27). The minimum atomic E-state index is -0.412. The lowest BCUT2D eigenvalue weighted by atomic mass is 9.99. The Labute approximate surface area is 165 Å². The fourth-order valence-corrected chi connectivity index (χ4v) is 3.35. The Hall–Kier alpha value is -3.25. The fourth-order valence-electron chi connectivity index (χ4n) is 3.15. The summed E-state index contributed by atoms with van der Waals surface area (Å²) >= 11 is 6.01. The number of carbonyl (C=O) groups is 2. The van der Waals surface area contributed by atoms with Crippen LogP contribution in [0.15, 0.2) is 60.9 Å². The molecular weight excluding hydrogens is 381 g/mol. The number of pyridine rings is 1. The summed E-state index contributed by atoms with van der Waals surface area (Å²) in [5.74, 6) is -0.934. The molecule has 0 fully saturated rings. The molecule has 1 aromatic heterocycles. The summed E-state index contributed by atoms with van der Waals surface area (Å²) in [6, 6.07) is 12.2. The zero-order valence-electron chi connectivity index (χ0n) is 14.7. The van der Waals surface area contributed by atoms with E-state index in [0.717, 1.165) is 5.56 Å². The molecule has 1 aliphatic heterocycles. The monoisotopic (exact) mass is 395 g/mol. The molecule has 140 valence electrons. The smallest absolute Gasteiger partial charge is 0.258 e. The normalized spacial score (nSPS) is 13.2. The number of anilines is 2. The number of hydrogen-bond acceptors (Lipinski definition) is 3. The van der Waals surface area contributed by atoms with E-state index in [2.05, 4.69) is 10.3 Å². The number of carbonyl (C=O) groups excluding carboxylic acids is 2. The first kappa shape index (κ1) is 18.1. The van der Waals surface area contributed by atoms with Crippen molar-refractivity contribution >= 4 is 34.8 Å². The van der Waals surface area contributed by atoms with Crippen LogP contribution >= 0.6 is 11.6 Å². The van der Waals surface area contributed by atoms with Crippen LogP contribution in [0, 0.1) is 5.82 Å². The molecule has 0 bridgehead atoms. The van der Waals surface area contributed by atoms with Gasteiger partial charge in [-0.3, -0.25) is 14.6 Å². The Kier molecular flexibility index (Phi) is 4.79. The number of benzene rings is 2. The zero-order chi connectivity index (χ0) is 19.7. The number of nitrogens with one attached hydrogen (secondary N) is 1. The molecule has 2 heterocycles. The summed E-state index contributed by atoms with van der Waals surface area (Å²) in [5.41, 5.74) is 2.88. The topological polar surface area (TPSA) is 62.3 Å². The van der Waals surface area contributed by atoms with Gasteiger partial charge in [0.05, 0.1) is 23.8 Å². The van der Waals surface area contributed by atoms with Gasteiger partial charge in [-0.1, -0.05) is 11.6 Å². The molecule has 7 heteroatoms. The predicted molar refractivity (Wildman–Crippen MR) is 105 cm³/mol. The highest BCUT2D eigenvalue weighted by atomic mass is 35.5. The van der Waals surface area contributed by atoms with E-state index in [-0.39, 0.29) is 11.8 Å². The average Bonchev–Trinajstić information content (AvgIpc) is 2.69. The molecule has 1 N–H and O–H groups in total. The molecule has 0 aliphatic carbocycles. The van der Waals surface area contributed by atoms with Crippen molar-refractivity contribution in [3.63, 3.8) is 0 Å². The Bertz CT molecular complexity index is 1070. The molecule has 0 unspecified atom stereocenters. The number of hydrogen-bond donors (Lipinski definition) is 1. The second-order valence-electron chi connectivity index (χ2n) is 6.40. The zero-order valence-corrected chi connectivity index (χ0v) is 15.4. The summed E-state index contributed by atoms with van der Waals surface area (Å²) < 4.78 is 13.0. The van der Waals surface area contributed by atoms with Crippen LogP contribution in [-0.4, -0.2) is 23.3 Å². The lowest BCUT2D eigenvalue weighted by molar-refractivity contribution is 0.0979. The number of rotatable bonds is 3. The molecule has 3 aromatic rings. The highest BCUT2D eigenvalue weighted by molar-refractivity contribution is 6.30. The third-order valence-corrected chi connectivity index (χ3v) is 4.78. The van der Waals surface area contributed by atoms with Gasteiger partial charge in [-0.2, -0.15) is 0 Å². The van der Waals surface area contributed by atoms with Crippen LogP contribution < -0.4 is 10.2 Å². The van der Waals surface area contributed by atoms with Crippen molar-refractivity contribution in [1.82, 2.24) is 4.98 Å². The largest absolute Gasteiger partial charge is 0.321 e. The van der Waals surface area contributed by atoms with Gasteiger partial charge < -0.3 is 10.2 Å². The summed E-state index contributed by atoms with van der Waals surface area (Å²) in [4.78, 5) is 30.9. The molecule has 0 atom stereocenters. The molecule has 2 aromatic carbocycles. The Balaban J connectivity index is 1.55. The molecule has 2 amide bonds. The third kappa shape index (κ3) is 3.59. The molecule has 0 saturated carbocycles. The van der Waals surface area contributed by atoms with E-state index in [0.29, 0.717) is 40.5 Å². The maximum atomic E-state index is 13.0. The minimum absolute atomic E-state index is 0.137. The van der Waals surface area contributed by atoms with E-state index in [1.807, 2.05) is 6.07 Å². The maximum Gasteiger partial charge on any atom is 0.258 e. The van der Waals surface area contributed by atoms with Crippen molar-refractivity contribution in [2.75, 3.05) is 16.8 Å². The number of aromatic nitrogens is 1. The molecule has 5 nitrogen and oxygen atoms in total. The quantitative estimate of drug-likeness (QED) is 0.718. The van der Waals surface area contributed by atoms with Gasteiger partial charge in [-0.05, 0) is 60.5 Å². The first-order valence-corrected chi connectivity index (χ1v) is 9.01. The lowest BCUT2D eigenvalue weighted by Gasteiger charge is -2.28. The fraction of sp³-hybridized carbons (Fsp3) is 0.0952. The average molecular weight is 396 g/mol. The van der Waals surface area contributed by atoms with Crippen molar-refractivity contribution < 1.29 is 14.0 Å². The number of amides is 2. The number of fused-ring (bicyclic) bond motifs is 1. The second kappa shape index (κ2) is 7.40. The maximum absolute atomic E-state index is 13.0. The predicted octanol–water partition coefficient (Wildman–Crippen LogP) is 4.33. The Morgan fingerprint density at radius 2 is 1.89 bits per heavy atom. The number of nitrogens with zero attached hydrogens (tertiary/aromatic N) is 2. The van der Waals surface area contributed by atoms with Gasteiger partial charge >= 0.3 is 0 Å². The Morgan fingerprint density at radius 1 is 1.11 bits per heavy atom. The van der Waals surface area contributed by atoms with Crippen LogP contribution in [0.1, 0.15) is 26.3 Å². The van der Waals surface area contributed by atoms with E-state index in [9.17, 15) is 14.0 Å². The first-order valence-electron chi connectivity index (χ1n) is 8.63. The first-order chi connectivity index (χ1) is 13.5. The summed E-state index contributed by atoms with van der Waals surface area (Å²) in [7, 11) is 0. The van der Waals surface area contributed by atoms with Crippen LogP contribution in [0.5, 0.6) is 0 Å². The molecule has 1 aliphatic rings. The second-order valence-corrected chi connectivity index (χ2v) is 6.84. The van der Waals surface area contributed by atoms with Crippen molar-refractivity contribution in [2.45, 2.75) is 6.42 Å². The van der Waals surface area contributed by atoms with Crippen LogP contribution in [0.3, 0.4) is 0 Å². The molecule has 0 saturated heterocycles. The van der Waals surface area contributed by atoms with E-state index in [1.165, 1.54) is 30.5 Å². The van der Waals surface area contributed by atoms with Crippen molar-refractivity contribution in [3.05, 3.63) is 88.5 Å². The Morgan fingerprint density at radius 3 is 2.68 bits per heavy atom. The van der Waals surface area contributed by atoms with Gasteiger partial charge in [0, 0.05) is 22.7 Å². The summed E-state index contributed by atoms with van der Waals surface area (Å²) in [6.07, 6.45) is 3.74. The van der Waals surface area contributed by atoms with Gasteiger partial charge in [-0.25, -0.2) is 4.39 Å². The molecule has 28 heavy (non-hydrogen) atoms. The highest BCUT2D eigenvalue weighted by Crippen LogP contribution is 2.27. The van der Waals surface area contributed by atoms with Crippen LogP contribution in [0.4, 0.5) is 15.8 Å².